The number of hydrogen-bond acceptors (Lipinski definition) is 5. The molecular weight excluding hydrogens is 374 g/mol. The Morgan fingerprint density at radius 3 is 1.96 bits per heavy atom. The van der Waals surface area contributed by atoms with E-state index >= 15 is 0 Å². The standard InChI is InChI=1S/C17H15N5O4.ClH/c18-17(21-19-9-11-3-1-5-13(7-11)15(23)24)22-20-10-12-4-2-6-14(8-12)16(25)26;/h1-10H,(H,23,24)(H,25,26)(H3,18,21,22);1H. The number of halogens is 1. The van der Waals surface area contributed by atoms with Gasteiger partial charge in [-0.15, -0.1) is 17.5 Å². The van der Waals surface area contributed by atoms with E-state index in [2.05, 4.69) is 20.7 Å². The second-order valence-electron chi connectivity index (χ2n) is 4.96. The average Bonchev–Trinajstić information content (AvgIpc) is 2.62. The summed E-state index contributed by atoms with van der Waals surface area (Å²) in [6, 6.07) is 12.4. The monoisotopic (exact) mass is 389 g/mol. The lowest BCUT2D eigenvalue weighted by Crippen LogP contribution is -2.26. The summed E-state index contributed by atoms with van der Waals surface area (Å²) >= 11 is 0. The number of guanidine groups is 1. The highest BCUT2D eigenvalue weighted by Crippen LogP contribution is 2.04. The van der Waals surface area contributed by atoms with Crippen molar-refractivity contribution in [2.75, 3.05) is 0 Å². The summed E-state index contributed by atoms with van der Waals surface area (Å²) in [6.45, 7) is 0. The van der Waals surface area contributed by atoms with Gasteiger partial charge in [-0.1, -0.05) is 24.3 Å². The highest BCUT2D eigenvalue weighted by atomic mass is 35.5. The molecule has 0 saturated carbocycles. The van der Waals surface area contributed by atoms with E-state index in [0.717, 1.165) is 0 Å². The van der Waals surface area contributed by atoms with Gasteiger partial charge in [0.1, 0.15) is 0 Å². The van der Waals surface area contributed by atoms with Crippen LogP contribution in [0.3, 0.4) is 0 Å². The fraction of sp³-hybridized carbons (Fsp3) is 0. The topological polar surface area (TPSA) is 150 Å². The lowest BCUT2D eigenvalue weighted by molar-refractivity contribution is 0.0686. The SMILES string of the molecule is Cl.NC(=NN=Cc1cccc(C(=O)O)c1)NN=Cc1cccc(C(=O)O)c1. The maximum Gasteiger partial charge on any atom is 0.335 e. The largest absolute Gasteiger partial charge is 0.478 e. The van der Waals surface area contributed by atoms with Crippen molar-refractivity contribution in [3.8, 4) is 0 Å². The Balaban J connectivity index is 0.00000364. The van der Waals surface area contributed by atoms with Gasteiger partial charge in [-0.25, -0.2) is 15.0 Å². The van der Waals surface area contributed by atoms with E-state index in [1.807, 2.05) is 0 Å². The van der Waals surface area contributed by atoms with Crippen LogP contribution >= 0.6 is 12.4 Å². The molecule has 2 aromatic rings. The van der Waals surface area contributed by atoms with Crippen LogP contribution in [0.2, 0.25) is 0 Å². The van der Waals surface area contributed by atoms with Crippen LogP contribution in [0, 0.1) is 0 Å². The molecule has 10 heteroatoms. The Kier molecular flexibility index (Phi) is 8.14. The fourth-order valence-electron chi connectivity index (χ4n) is 1.86. The van der Waals surface area contributed by atoms with Crippen molar-refractivity contribution < 1.29 is 19.8 Å². The summed E-state index contributed by atoms with van der Waals surface area (Å²) < 4.78 is 0. The summed E-state index contributed by atoms with van der Waals surface area (Å²) in [4.78, 5) is 21.8. The molecule has 0 aliphatic rings. The number of carbonyl (C=O) groups is 2. The zero-order chi connectivity index (χ0) is 18.9. The van der Waals surface area contributed by atoms with E-state index in [-0.39, 0.29) is 29.5 Å². The molecule has 2 rings (SSSR count). The first-order chi connectivity index (χ1) is 12.5. The third-order valence-corrected chi connectivity index (χ3v) is 3.03. The second-order valence-corrected chi connectivity index (χ2v) is 4.96. The van der Waals surface area contributed by atoms with Gasteiger partial charge in [0.05, 0.1) is 23.6 Å². The minimum atomic E-state index is -1.04. The fourth-order valence-corrected chi connectivity index (χ4v) is 1.86. The predicted octanol–water partition coefficient (Wildman–Crippen LogP) is 1.78. The molecule has 0 spiro atoms. The molecule has 9 nitrogen and oxygen atoms in total. The molecule has 27 heavy (non-hydrogen) atoms. The second kappa shape index (κ2) is 10.3. The van der Waals surface area contributed by atoms with Crippen LogP contribution < -0.4 is 11.2 Å². The number of rotatable bonds is 6. The van der Waals surface area contributed by atoms with E-state index in [0.29, 0.717) is 11.1 Å². The molecule has 0 amide bonds. The zero-order valence-electron chi connectivity index (χ0n) is 13.8. The van der Waals surface area contributed by atoms with Gasteiger partial charge in [0.2, 0.25) is 5.96 Å². The maximum atomic E-state index is 10.9. The number of nitrogens with two attached hydrogens (primary N) is 1. The van der Waals surface area contributed by atoms with Crippen molar-refractivity contribution in [2.24, 2.45) is 21.0 Å². The summed E-state index contributed by atoms with van der Waals surface area (Å²) in [5.74, 6) is -2.16. The Hall–Kier alpha value is -3.72. The first-order valence-electron chi connectivity index (χ1n) is 7.28. The number of carboxylic acids is 2. The van der Waals surface area contributed by atoms with Crippen molar-refractivity contribution in [3.05, 3.63) is 70.8 Å². The normalized spacial score (nSPS) is 11.3. The Morgan fingerprint density at radius 2 is 1.44 bits per heavy atom. The molecule has 5 N–H and O–H groups in total. The molecule has 0 radical (unpaired) electrons. The van der Waals surface area contributed by atoms with Crippen molar-refractivity contribution in [3.63, 3.8) is 0 Å². The van der Waals surface area contributed by atoms with Crippen LogP contribution in [-0.2, 0) is 0 Å². The molecule has 0 unspecified atom stereocenters. The van der Waals surface area contributed by atoms with E-state index in [9.17, 15) is 9.59 Å². The van der Waals surface area contributed by atoms with Crippen LogP contribution in [0.1, 0.15) is 31.8 Å². The summed E-state index contributed by atoms with van der Waals surface area (Å²) in [5, 5.41) is 29.1. The molecule has 0 bridgehead atoms. The van der Waals surface area contributed by atoms with E-state index in [1.54, 1.807) is 24.3 Å². The Bertz CT molecular complexity index is 912. The number of nitrogens with zero attached hydrogens (tertiary/aromatic N) is 3. The van der Waals surface area contributed by atoms with Crippen molar-refractivity contribution in [1.29, 1.82) is 0 Å². The molecule has 0 heterocycles. The summed E-state index contributed by atoms with van der Waals surface area (Å²) in [7, 11) is 0. The van der Waals surface area contributed by atoms with Gasteiger partial charge in [-0.05, 0) is 35.4 Å². The van der Waals surface area contributed by atoms with Gasteiger partial charge >= 0.3 is 11.9 Å². The number of carboxylic acid groups (broad SMARTS) is 2. The number of benzene rings is 2. The molecule has 0 aromatic heterocycles. The van der Waals surface area contributed by atoms with Crippen LogP contribution in [-0.4, -0.2) is 40.5 Å². The smallest absolute Gasteiger partial charge is 0.335 e. The van der Waals surface area contributed by atoms with Gasteiger partial charge in [0.15, 0.2) is 0 Å². The van der Waals surface area contributed by atoms with Crippen LogP contribution in [0.15, 0.2) is 63.8 Å². The van der Waals surface area contributed by atoms with Crippen molar-refractivity contribution >= 4 is 42.7 Å². The first kappa shape index (κ1) is 21.3. The third-order valence-electron chi connectivity index (χ3n) is 3.03. The number of nitrogens with one attached hydrogen (secondary N) is 1. The van der Waals surface area contributed by atoms with Gasteiger partial charge in [-0.3, -0.25) is 0 Å². The first-order valence-corrected chi connectivity index (χ1v) is 7.28. The molecule has 0 aliphatic heterocycles. The van der Waals surface area contributed by atoms with Gasteiger partial charge in [0.25, 0.3) is 0 Å². The van der Waals surface area contributed by atoms with Crippen LogP contribution in [0.5, 0.6) is 0 Å². The quantitative estimate of drug-likeness (QED) is 0.336. The number of hydrogen-bond donors (Lipinski definition) is 4. The molecular formula is C17H16ClN5O4. The van der Waals surface area contributed by atoms with Crippen molar-refractivity contribution in [2.45, 2.75) is 0 Å². The number of hydrazone groups is 1. The maximum absolute atomic E-state index is 10.9. The van der Waals surface area contributed by atoms with Crippen LogP contribution in [0.4, 0.5) is 0 Å². The Labute approximate surface area is 160 Å². The molecule has 0 aliphatic carbocycles. The predicted molar refractivity (Wildman–Crippen MR) is 104 cm³/mol. The lowest BCUT2D eigenvalue weighted by atomic mass is 10.1. The highest BCUT2D eigenvalue weighted by molar-refractivity contribution is 5.92. The number of aromatic carboxylic acids is 2. The van der Waals surface area contributed by atoms with Gasteiger partial charge < -0.3 is 15.9 Å². The Morgan fingerprint density at radius 1 is 0.926 bits per heavy atom. The summed E-state index contributed by atoms with van der Waals surface area (Å²) in [5.41, 5.74) is 9.42. The summed E-state index contributed by atoms with van der Waals surface area (Å²) in [6.07, 6.45) is 2.73. The minimum Gasteiger partial charge on any atom is -0.478 e. The van der Waals surface area contributed by atoms with E-state index in [4.69, 9.17) is 15.9 Å². The van der Waals surface area contributed by atoms with E-state index in [1.165, 1.54) is 36.7 Å². The average molecular weight is 390 g/mol. The minimum absolute atomic E-state index is 0. The lowest BCUT2D eigenvalue weighted by Gasteiger charge is -1.98. The van der Waals surface area contributed by atoms with Gasteiger partial charge in [-0.2, -0.15) is 10.2 Å². The third kappa shape index (κ3) is 6.96. The highest BCUT2D eigenvalue weighted by Gasteiger charge is 2.02. The molecule has 2 aromatic carbocycles. The molecule has 0 atom stereocenters. The van der Waals surface area contributed by atoms with E-state index < -0.39 is 11.9 Å². The van der Waals surface area contributed by atoms with Crippen molar-refractivity contribution in [1.82, 2.24) is 5.43 Å². The van der Waals surface area contributed by atoms with Gasteiger partial charge in [0, 0.05) is 0 Å². The molecule has 0 fully saturated rings. The van der Waals surface area contributed by atoms with Crippen LogP contribution in [0.25, 0.3) is 0 Å². The zero-order valence-corrected chi connectivity index (χ0v) is 14.6. The molecule has 140 valence electrons. The molecule has 0 saturated heterocycles.